The van der Waals surface area contributed by atoms with Gasteiger partial charge < -0.3 is 10.0 Å². The number of likely N-dealkylation sites (N-methyl/N-ethyl adjacent to an activating group) is 1. The van der Waals surface area contributed by atoms with Gasteiger partial charge in [-0.2, -0.15) is 0 Å². The third kappa shape index (κ3) is 1.87. The van der Waals surface area contributed by atoms with Crippen molar-refractivity contribution >= 4 is 0 Å². The summed E-state index contributed by atoms with van der Waals surface area (Å²) in [6.07, 6.45) is 1.22. The Hall–Kier alpha value is -0.120. The molecule has 3 unspecified atom stereocenters. The second kappa shape index (κ2) is 3.56. The van der Waals surface area contributed by atoms with Crippen molar-refractivity contribution in [3.63, 3.8) is 0 Å². The largest absolute Gasteiger partial charge is 0.396 e. The van der Waals surface area contributed by atoms with Crippen molar-refractivity contribution in [3.05, 3.63) is 0 Å². The van der Waals surface area contributed by atoms with E-state index in [1.807, 2.05) is 0 Å². The van der Waals surface area contributed by atoms with Crippen LogP contribution in [0.1, 0.15) is 13.3 Å². The molecule has 1 saturated carbocycles. The molecule has 1 N–H and O–H groups in total. The number of nitrogens with zero attached hydrogens (tertiary/aromatic N) is 2. The van der Waals surface area contributed by atoms with Gasteiger partial charge in [0.2, 0.25) is 0 Å². The highest BCUT2D eigenvalue weighted by atomic mass is 16.3. The molecule has 1 saturated heterocycles. The van der Waals surface area contributed by atoms with Crippen molar-refractivity contribution in [2.45, 2.75) is 25.4 Å². The average molecular weight is 184 g/mol. The zero-order chi connectivity index (χ0) is 9.42. The van der Waals surface area contributed by atoms with E-state index in [2.05, 4.69) is 23.8 Å². The first-order valence-electron chi connectivity index (χ1n) is 5.27. The molecule has 0 bridgehead atoms. The summed E-state index contributed by atoms with van der Waals surface area (Å²) in [4.78, 5) is 4.96. The summed E-state index contributed by atoms with van der Waals surface area (Å²) in [5, 5.41) is 8.99. The van der Waals surface area contributed by atoms with Gasteiger partial charge in [-0.05, 0) is 26.3 Å². The monoisotopic (exact) mass is 184 g/mol. The maximum absolute atomic E-state index is 8.99. The van der Waals surface area contributed by atoms with E-state index < -0.39 is 0 Å². The van der Waals surface area contributed by atoms with Crippen LogP contribution in [0.4, 0.5) is 0 Å². The first-order chi connectivity index (χ1) is 6.22. The smallest absolute Gasteiger partial charge is 0.0474 e. The third-order valence-electron chi connectivity index (χ3n) is 3.58. The Morgan fingerprint density at radius 2 is 2.15 bits per heavy atom. The summed E-state index contributed by atoms with van der Waals surface area (Å²) in [6, 6.07) is 1.37. The van der Waals surface area contributed by atoms with Crippen LogP contribution < -0.4 is 0 Å². The van der Waals surface area contributed by atoms with Gasteiger partial charge in [0.25, 0.3) is 0 Å². The van der Waals surface area contributed by atoms with Crippen molar-refractivity contribution in [2.75, 3.05) is 33.3 Å². The molecule has 0 radical (unpaired) electrons. The lowest BCUT2D eigenvalue weighted by molar-refractivity contribution is 0.0917. The lowest BCUT2D eigenvalue weighted by atomic mass is 10.2. The average Bonchev–Trinajstić information content (AvgIpc) is 2.88. The van der Waals surface area contributed by atoms with Crippen LogP contribution in [0, 0.1) is 5.92 Å². The lowest BCUT2D eigenvalue weighted by Crippen LogP contribution is -2.51. The predicted octanol–water partition coefficient (Wildman–Crippen LogP) is 0.00310. The van der Waals surface area contributed by atoms with E-state index in [9.17, 15) is 0 Å². The fraction of sp³-hybridized carbons (Fsp3) is 1.00. The molecule has 1 aliphatic heterocycles. The third-order valence-corrected chi connectivity index (χ3v) is 3.58. The number of piperazine rings is 1. The molecule has 3 atom stereocenters. The zero-order valence-corrected chi connectivity index (χ0v) is 8.61. The first-order valence-corrected chi connectivity index (χ1v) is 5.27. The van der Waals surface area contributed by atoms with Crippen molar-refractivity contribution in [2.24, 2.45) is 5.92 Å². The molecule has 1 aliphatic carbocycles. The SMILES string of the molecule is CC1CN(C2CC2CO)CCN1C. The normalized spacial score (nSPS) is 42.2. The molecule has 0 aromatic carbocycles. The van der Waals surface area contributed by atoms with E-state index in [-0.39, 0.29) is 0 Å². The molecule has 1 heterocycles. The van der Waals surface area contributed by atoms with E-state index in [1.54, 1.807) is 0 Å². The predicted molar refractivity (Wildman–Crippen MR) is 52.6 cm³/mol. The Labute approximate surface area is 80.3 Å². The number of aliphatic hydroxyl groups is 1. The molecular formula is C10H20N2O. The summed E-state index contributed by atoms with van der Waals surface area (Å²) in [5.74, 6) is 0.579. The zero-order valence-electron chi connectivity index (χ0n) is 8.61. The quantitative estimate of drug-likeness (QED) is 0.654. The standard InChI is InChI=1S/C10H20N2O/c1-8-6-12(4-3-11(8)2)10-5-9(10)7-13/h8-10,13H,3-7H2,1-2H3. The molecular weight excluding hydrogens is 164 g/mol. The molecule has 3 heteroatoms. The maximum atomic E-state index is 8.99. The molecule has 0 aromatic rings. The minimum absolute atomic E-state index is 0.380. The number of hydrogen-bond donors (Lipinski definition) is 1. The van der Waals surface area contributed by atoms with Gasteiger partial charge in [-0.3, -0.25) is 4.90 Å². The Bertz CT molecular complexity index is 186. The number of aliphatic hydroxyl groups excluding tert-OH is 1. The Morgan fingerprint density at radius 3 is 2.69 bits per heavy atom. The molecule has 0 amide bonds. The fourth-order valence-corrected chi connectivity index (χ4v) is 2.25. The highest BCUT2D eigenvalue weighted by molar-refractivity contribution is 4.97. The van der Waals surface area contributed by atoms with Gasteiger partial charge in [0, 0.05) is 38.3 Å². The van der Waals surface area contributed by atoms with Gasteiger partial charge in [0.15, 0.2) is 0 Å². The van der Waals surface area contributed by atoms with E-state index in [4.69, 9.17) is 5.11 Å². The van der Waals surface area contributed by atoms with Crippen LogP contribution in [-0.2, 0) is 0 Å². The van der Waals surface area contributed by atoms with E-state index in [0.29, 0.717) is 24.6 Å². The van der Waals surface area contributed by atoms with Gasteiger partial charge in [-0.15, -0.1) is 0 Å². The van der Waals surface area contributed by atoms with Gasteiger partial charge in [-0.25, -0.2) is 0 Å². The lowest BCUT2D eigenvalue weighted by Gasteiger charge is -2.38. The van der Waals surface area contributed by atoms with Crippen molar-refractivity contribution in [1.82, 2.24) is 9.80 Å². The molecule has 2 fully saturated rings. The Morgan fingerprint density at radius 1 is 1.38 bits per heavy atom. The van der Waals surface area contributed by atoms with Gasteiger partial charge in [0.05, 0.1) is 0 Å². The molecule has 2 rings (SSSR count). The summed E-state index contributed by atoms with van der Waals surface area (Å²) in [5.41, 5.74) is 0. The number of rotatable bonds is 2. The summed E-state index contributed by atoms with van der Waals surface area (Å²) in [6.45, 7) is 6.20. The second-order valence-electron chi connectivity index (χ2n) is 4.57. The fourth-order valence-electron chi connectivity index (χ4n) is 2.25. The van der Waals surface area contributed by atoms with Crippen LogP contribution in [-0.4, -0.2) is 60.3 Å². The number of hydrogen-bond acceptors (Lipinski definition) is 3. The maximum Gasteiger partial charge on any atom is 0.0474 e. The van der Waals surface area contributed by atoms with Crippen LogP contribution in [0.25, 0.3) is 0 Å². The highest BCUT2D eigenvalue weighted by Gasteiger charge is 2.42. The van der Waals surface area contributed by atoms with Crippen molar-refractivity contribution < 1.29 is 5.11 Å². The van der Waals surface area contributed by atoms with E-state index in [1.165, 1.54) is 26.1 Å². The van der Waals surface area contributed by atoms with Gasteiger partial charge >= 0.3 is 0 Å². The van der Waals surface area contributed by atoms with E-state index in [0.717, 1.165) is 0 Å². The molecule has 0 spiro atoms. The van der Waals surface area contributed by atoms with Crippen LogP contribution >= 0.6 is 0 Å². The molecule has 3 nitrogen and oxygen atoms in total. The molecule has 13 heavy (non-hydrogen) atoms. The minimum Gasteiger partial charge on any atom is -0.396 e. The summed E-state index contributed by atoms with van der Waals surface area (Å²) >= 11 is 0. The van der Waals surface area contributed by atoms with Crippen LogP contribution in [0.3, 0.4) is 0 Å². The van der Waals surface area contributed by atoms with Crippen molar-refractivity contribution in [1.29, 1.82) is 0 Å². The first kappa shape index (κ1) is 9.44. The molecule has 0 aromatic heterocycles. The van der Waals surface area contributed by atoms with Crippen molar-refractivity contribution in [3.8, 4) is 0 Å². The molecule has 2 aliphatic rings. The van der Waals surface area contributed by atoms with E-state index >= 15 is 0 Å². The second-order valence-corrected chi connectivity index (χ2v) is 4.57. The van der Waals surface area contributed by atoms with Crippen LogP contribution in [0.2, 0.25) is 0 Å². The minimum atomic E-state index is 0.380. The Balaban J connectivity index is 1.83. The summed E-state index contributed by atoms with van der Waals surface area (Å²) < 4.78 is 0. The highest BCUT2D eigenvalue weighted by Crippen LogP contribution is 2.35. The topological polar surface area (TPSA) is 26.7 Å². The Kier molecular flexibility index (Phi) is 2.58. The van der Waals surface area contributed by atoms with Gasteiger partial charge in [-0.1, -0.05) is 0 Å². The summed E-state index contributed by atoms with van der Waals surface area (Å²) in [7, 11) is 2.19. The van der Waals surface area contributed by atoms with Gasteiger partial charge in [0.1, 0.15) is 0 Å². The van der Waals surface area contributed by atoms with Crippen LogP contribution in [0.15, 0.2) is 0 Å². The molecule has 76 valence electrons. The van der Waals surface area contributed by atoms with Crippen LogP contribution in [0.5, 0.6) is 0 Å².